The molecule has 0 spiro atoms. The van der Waals surface area contributed by atoms with Gasteiger partial charge in [0.2, 0.25) is 5.91 Å². The number of hydrogen-bond donors (Lipinski definition) is 1. The molecule has 0 aromatic heterocycles. The van der Waals surface area contributed by atoms with Crippen molar-refractivity contribution < 1.29 is 4.79 Å². The van der Waals surface area contributed by atoms with E-state index in [0.29, 0.717) is 5.25 Å². The third-order valence-electron chi connectivity index (χ3n) is 3.69. The number of carbonyl (C=O) groups excluding carboxylic acids is 1. The average molecular weight is 272 g/mol. The highest BCUT2D eigenvalue weighted by atomic mass is 32.2. The van der Waals surface area contributed by atoms with E-state index in [9.17, 15) is 4.79 Å². The molecule has 0 bridgehead atoms. The summed E-state index contributed by atoms with van der Waals surface area (Å²) in [6.45, 7) is 7.06. The van der Waals surface area contributed by atoms with Crippen LogP contribution in [0, 0.1) is 0 Å². The van der Waals surface area contributed by atoms with Crippen molar-refractivity contribution in [3.63, 3.8) is 0 Å². The number of thioether (sulfide) groups is 1. The number of likely N-dealkylation sites (tertiary alicyclic amines) is 1. The molecule has 106 valence electrons. The van der Waals surface area contributed by atoms with Crippen molar-refractivity contribution in [1.29, 1.82) is 0 Å². The third-order valence-corrected chi connectivity index (χ3v) is 4.73. The Morgan fingerprint density at radius 1 is 1.22 bits per heavy atom. The molecule has 2 atom stereocenters. The molecule has 3 nitrogen and oxygen atoms in total. The van der Waals surface area contributed by atoms with Crippen LogP contribution in [0.1, 0.15) is 46.0 Å². The standard InChI is InChI=1S/C14H28N2OS/c1-12(18-3)8-9-15-13(2)14(17)16-10-6-4-5-7-11-16/h12-13,15H,4-11H2,1-3H3. The van der Waals surface area contributed by atoms with Gasteiger partial charge in [-0.2, -0.15) is 11.8 Å². The van der Waals surface area contributed by atoms with Gasteiger partial charge in [-0.05, 0) is 39.0 Å². The predicted octanol–water partition coefficient (Wildman–Crippen LogP) is 2.51. The van der Waals surface area contributed by atoms with Crippen molar-refractivity contribution in [2.45, 2.75) is 57.2 Å². The van der Waals surface area contributed by atoms with Gasteiger partial charge in [0.05, 0.1) is 6.04 Å². The van der Waals surface area contributed by atoms with Gasteiger partial charge in [0.1, 0.15) is 0 Å². The summed E-state index contributed by atoms with van der Waals surface area (Å²) in [6, 6.07) is -0.0304. The minimum atomic E-state index is -0.0304. The van der Waals surface area contributed by atoms with Gasteiger partial charge in [-0.3, -0.25) is 4.79 Å². The van der Waals surface area contributed by atoms with Crippen molar-refractivity contribution in [2.75, 3.05) is 25.9 Å². The van der Waals surface area contributed by atoms with Crippen molar-refractivity contribution in [3.8, 4) is 0 Å². The van der Waals surface area contributed by atoms with Gasteiger partial charge >= 0.3 is 0 Å². The molecule has 1 amide bonds. The Bertz CT molecular complexity index is 240. The fraction of sp³-hybridized carbons (Fsp3) is 0.929. The van der Waals surface area contributed by atoms with Crippen LogP contribution >= 0.6 is 11.8 Å². The van der Waals surface area contributed by atoms with Gasteiger partial charge in [0, 0.05) is 18.3 Å². The van der Waals surface area contributed by atoms with E-state index in [0.717, 1.165) is 26.1 Å². The first kappa shape index (κ1) is 15.8. The lowest BCUT2D eigenvalue weighted by molar-refractivity contribution is -0.133. The first-order valence-electron chi connectivity index (χ1n) is 7.20. The SMILES string of the molecule is CSC(C)CCNC(C)C(=O)N1CCCCCC1. The van der Waals surface area contributed by atoms with Gasteiger partial charge in [-0.25, -0.2) is 0 Å². The van der Waals surface area contributed by atoms with E-state index in [2.05, 4.69) is 18.5 Å². The van der Waals surface area contributed by atoms with E-state index in [1.165, 1.54) is 25.7 Å². The van der Waals surface area contributed by atoms with E-state index in [1.54, 1.807) is 0 Å². The molecule has 2 unspecified atom stereocenters. The van der Waals surface area contributed by atoms with E-state index < -0.39 is 0 Å². The van der Waals surface area contributed by atoms with Gasteiger partial charge in [-0.15, -0.1) is 0 Å². The van der Waals surface area contributed by atoms with E-state index >= 15 is 0 Å². The topological polar surface area (TPSA) is 32.3 Å². The van der Waals surface area contributed by atoms with Crippen LogP contribution in [0.3, 0.4) is 0 Å². The van der Waals surface area contributed by atoms with Gasteiger partial charge in [0.25, 0.3) is 0 Å². The van der Waals surface area contributed by atoms with Crippen LogP contribution in [0.4, 0.5) is 0 Å². The van der Waals surface area contributed by atoms with Crippen molar-refractivity contribution in [2.24, 2.45) is 0 Å². The monoisotopic (exact) mass is 272 g/mol. The Morgan fingerprint density at radius 2 is 1.83 bits per heavy atom. The molecule has 0 saturated carbocycles. The number of hydrogen-bond acceptors (Lipinski definition) is 3. The van der Waals surface area contributed by atoms with E-state index in [1.807, 2.05) is 23.6 Å². The zero-order valence-corrected chi connectivity index (χ0v) is 12.9. The molecule has 0 radical (unpaired) electrons. The number of nitrogens with one attached hydrogen (secondary N) is 1. The molecule has 1 aliphatic heterocycles. The second-order valence-corrected chi connectivity index (χ2v) is 6.53. The molecule has 0 aliphatic carbocycles. The second-order valence-electron chi connectivity index (χ2n) is 5.25. The van der Waals surface area contributed by atoms with Crippen LogP contribution in [0.15, 0.2) is 0 Å². The van der Waals surface area contributed by atoms with Crippen molar-refractivity contribution >= 4 is 17.7 Å². The summed E-state index contributed by atoms with van der Waals surface area (Å²) in [5, 5.41) is 4.03. The maximum Gasteiger partial charge on any atom is 0.239 e. The molecule has 1 N–H and O–H groups in total. The number of amides is 1. The first-order chi connectivity index (χ1) is 8.65. The van der Waals surface area contributed by atoms with Gasteiger partial charge in [-0.1, -0.05) is 19.8 Å². The molecule has 1 heterocycles. The second kappa shape index (κ2) is 8.81. The van der Waals surface area contributed by atoms with Gasteiger partial charge in [0.15, 0.2) is 0 Å². The van der Waals surface area contributed by atoms with Crippen LogP contribution in [0.5, 0.6) is 0 Å². The Balaban J connectivity index is 2.26. The fourth-order valence-corrected chi connectivity index (χ4v) is 2.63. The minimum Gasteiger partial charge on any atom is -0.341 e. The third kappa shape index (κ3) is 5.61. The Kier molecular flexibility index (Phi) is 7.75. The summed E-state index contributed by atoms with van der Waals surface area (Å²) in [5.41, 5.74) is 0. The van der Waals surface area contributed by atoms with Crippen molar-refractivity contribution in [3.05, 3.63) is 0 Å². The zero-order valence-electron chi connectivity index (χ0n) is 12.1. The summed E-state index contributed by atoms with van der Waals surface area (Å²) < 4.78 is 0. The smallest absolute Gasteiger partial charge is 0.239 e. The molecule has 18 heavy (non-hydrogen) atoms. The van der Waals surface area contributed by atoms with E-state index in [4.69, 9.17) is 0 Å². The molecule has 1 fully saturated rings. The van der Waals surface area contributed by atoms with Crippen LogP contribution in [0.2, 0.25) is 0 Å². The fourth-order valence-electron chi connectivity index (χ4n) is 2.27. The largest absolute Gasteiger partial charge is 0.341 e. The summed E-state index contributed by atoms with van der Waals surface area (Å²) in [7, 11) is 0. The Labute approximate surface area is 116 Å². The highest BCUT2D eigenvalue weighted by Gasteiger charge is 2.20. The molecule has 1 rings (SSSR count). The quantitative estimate of drug-likeness (QED) is 0.806. The molecule has 1 saturated heterocycles. The Morgan fingerprint density at radius 3 is 2.39 bits per heavy atom. The molecule has 0 aromatic carbocycles. The minimum absolute atomic E-state index is 0.0304. The normalized spacial score (nSPS) is 20.3. The van der Waals surface area contributed by atoms with Crippen LogP contribution in [-0.2, 0) is 4.79 Å². The Hall–Kier alpha value is -0.220. The summed E-state index contributed by atoms with van der Waals surface area (Å²) >= 11 is 1.88. The molecule has 0 aromatic rings. The highest BCUT2D eigenvalue weighted by molar-refractivity contribution is 7.99. The zero-order chi connectivity index (χ0) is 13.4. The predicted molar refractivity (Wildman–Crippen MR) is 80.1 cm³/mol. The lowest BCUT2D eigenvalue weighted by Gasteiger charge is -2.25. The van der Waals surface area contributed by atoms with Crippen LogP contribution < -0.4 is 5.32 Å². The van der Waals surface area contributed by atoms with Gasteiger partial charge < -0.3 is 10.2 Å². The molecular formula is C14H28N2OS. The molecule has 4 heteroatoms. The average Bonchev–Trinajstić information content (AvgIpc) is 2.66. The van der Waals surface area contributed by atoms with Crippen molar-refractivity contribution in [1.82, 2.24) is 10.2 Å². The highest BCUT2D eigenvalue weighted by Crippen LogP contribution is 2.11. The molecule has 1 aliphatic rings. The number of rotatable bonds is 6. The van der Waals surface area contributed by atoms with Crippen LogP contribution in [-0.4, -0.2) is 48.0 Å². The van der Waals surface area contributed by atoms with E-state index in [-0.39, 0.29) is 11.9 Å². The van der Waals surface area contributed by atoms with Crippen LogP contribution in [0.25, 0.3) is 0 Å². The summed E-state index contributed by atoms with van der Waals surface area (Å²) in [5.74, 6) is 0.286. The number of nitrogens with zero attached hydrogens (tertiary/aromatic N) is 1. The molecular weight excluding hydrogens is 244 g/mol. The summed E-state index contributed by atoms with van der Waals surface area (Å²) in [4.78, 5) is 14.3. The lowest BCUT2D eigenvalue weighted by atomic mass is 10.2. The maximum absolute atomic E-state index is 12.3. The first-order valence-corrected chi connectivity index (χ1v) is 8.49. The summed E-state index contributed by atoms with van der Waals surface area (Å²) in [6.07, 6.45) is 8.15. The lowest BCUT2D eigenvalue weighted by Crippen LogP contribution is -2.45. The number of carbonyl (C=O) groups is 1. The maximum atomic E-state index is 12.3.